The maximum Gasteiger partial charge on any atom is 0.307 e. The van der Waals surface area contributed by atoms with Gasteiger partial charge in [-0.3, -0.25) is 4.79 Å². The van der Waals surface area contributed by atoms with Crippen molar-refractivity contribution >= 4 is 16.9 Å². The average Bonchev–Trinajstić information content (AvgIpc) is 2.77. The summed E-state index contributed by atoms with van der Waals surface area (Å²) in [7, 11) is 4.62. The van der Waals surface area contributed by atoms with Gasteiger partial charge in [-0.15, -0.1) is 0 Å². The number of aryl methyl sites for hydroxylation is 2. The minimum absolute atomic E-state index is 0.216. The Morgan fingerprint density at radius 2 is 1.75 bits per heavy atom. The molecule has 0 spiro atoms. The number of ether oxygens (including phenoxy) is 3. The maximum atomic E-state index is 11.3. The van der Waals surface area contributed by atoms with Crippen molar-refractivity contribution in [3.63, 3.8) is 0 Å². The van der Waals surface area contributed by atoms with Crippen molar-refractivity contribution in [1.82, 2.24) is 4.57 Å². The SMILES string of the molecule is COC(=O)CCn1c(C)cc2cc(OC)c(OC)cc21. The van der Waals surface area contributed by atoms with E-state index >= 15 is 0 Å². The molecule has 0 radical (unpaired) electrons. The first-order chi connectivity index (χ1) is 9.60. The van der Waals surface area contributed by atoms with Gasteiger partial charge in [-0.05, 0) is 19.1 Å². The van der Waals surface area contributed by atoms with Crippen LogP contribution in [-0.2, 0) is 16.1 Å². The van der Waals surface area contributed by atoms with Gasteiger partial charge in [0.15, 0.2) is 11.5 Å². The summed E-state index contributed by atoms with van der Waals surface area (Å²) >= 11 is 0. The number of carbonyl (C=O) groups excluding carboxylic acids is 1. The van der Waals surface area contributed by atoms with Crippen molar-refractivity contribution < 1.29 is 19.0 Å². The average molecular weight is 277 g/mol. The number of benzene rings is 1. The molecule has 108 valence electrons. The number of carbonyl (C=O) groups is 1. The van der Waals surface area contributed by atoms with Crippen molar-refractivity contribution in [3.8, 4) is 11.5 Å². The molecule has 0 saturated heterocycles. The molecule has 0 saturated carbocycles. The van der Waals surface area contributed by atoms with E-state index in [9.17, 15) is 4.79 Å². The molecule has 0 amide bonds. The largest absolute Gasteiger partial charge is 0.493 e. The van der Waals surface area contributed by atoms with Crippen LogP contribution >= 0.6 is 0 Å². The van der Waals surface area contributed by atoms with Gasteiger partial charge in [0.1, 0.15) is 0 Å². The van der Waals surface area contributed by atoms with Gasteiger partial charge in [0.05, 0.1) is 33.3 Å². The summed E-state index contributed by atoms with van der Waals surface area (Å²) in [5, 5.41) is 1.06. The molecule has 2 aromatic rings. The first-order valence-corrected chi connectivity index (χ1v) is 6.39. The molecular weight excluding hydrogens is 258 g/mol. The van der Waals surface area contributed by atoms with Crippen LogP contribution in [-0.4, -0.2) is 31.9 Å². The first-order valence-electron chi connectivity index (χ1n) is 6.39. The zero-order valence-electron chi connectivity index (χ0n) is 12.2. The summed E-state index contributed by atoms with van der Waals surface area (Å²) in [5.74, 6) is 1.16. The second-order valence-electron chi connectivity index (χ2n) is 4.53. The molecule has 5 heteroatoms. The third kappa shape index (κ3) is 2.57. The topological polar surface area (TPSA) is 49.7 Å². The minimum atomic E-state index is -0.216. The van der Waals surface area contributed by atoms with Crippen LogP contribution in [0.25, 0.3) is 10.9 Å². The van der Waals surface area contributed by atoms with Crippen LogP contribution in [0, 0.1) is 6.92 Å². The number of aromatic nitrogens is 1. The Kier molecular flexibility index (Phi) is 4.17. The van der Waals surface area contributed by atoms with Crippen LogP contribution in [0.4, 0.5) is 0 Å². The highest BCUT2D eigenvalue weighted by molar-refractivity contribution is 5.85. The normalized spacial score (nSPS) is 10.6. The van der Waals surface area contributed by atoms with Gasteiger partial charge < -0.3 is 18.8 Å². The number of fused-ring (bicyclic) bond motifs is 1. The molecule has 1 aromatic heterocycles. The fourth-order valence-electron chi connectivity index (χ4n) is 2.33. The van der Waals surface area contributed by atoms with Gasteiger partial charge in [0, 0.05) is 23.7 Å². The summed E-state index contributed by atoms with van der Waals surface area (Å²) < 4.78 is 17.4. The minimum Gasteiger partial charge on any atom is -0.493 e. The first kappa shape index (κ1) is 14.2. The van der Waals surface area contributed by atoms with Gasteiger partial charge in [0.2, 0.25) is 0 Å². The lowest BCUT2D eigenvalue weighted by Crippen LogP contribution is -2.08. The lowest BCUT2D eigenvalue weighted by Gasteiger charge is -2.10. The van der Waals surface area contributed by atoms with Crippen LogP contribution in [0.5, 0.6) is 11.5 Å². The standard InChI is InChI=1S/C15H19NO4/c1-10-7-11-8-13(18-2)14(19-3)9-12(11)16(10)6-5-15(17)20-4/h7-9H,5-6H2,1-4H3. The van der Waals surface area contributed by atoms with E-state index in [0.29, 0.717) is 24.5 Å². The molecule has 0 aliphatic rings. The smallest absolute Gasteiger partial charge is 0.307 e. The molecule has 0 unspecified atom stereocenters. The molecule has 1 heterocycles. The van der Waals surface area contributed by atoms with Crippen LogP contribution in [0.3, 0.4) is 0 Å². The molecule has 20 heavy (non-hydrogen) atoms. The Labute approximate surface area is 118 Å². The monoisotopic (exact) mass is 277 g/mol. The van der Waals surface area contributed by atoms with E-state index in [1.807, 2.05) is 19.1 Å². The summed E-state index contributed by atoms with van der Waals surface area (Å²) in [5.41, 5.74) is 2.10. The third-order valence-corrected chi connectivity index (χ3v) is 3.38. The van der Waals surface area contributed by atoms with E-state index in [1.54, 1.807) is 14.2 Å². The highest BCUT2D eigenvalue weighted by Crippen LogP contribution is 2.33. The highest BCUT2D eigenvalue weighted by Gasteiger charge is 2.12. The Hall–Kier alpha value is -2.17. The van der Waals surface area contributed by atoms with E-state index in [-0.39, 0.29) is 5.97 Å². The van der Waals surface area contributed by atoms with Crippen molar-refractivity contribution in [2.75, 3.05) is 21.3 Å². The van der Waals surface area contributed by atoms with E-state index in [0.717, 1.165) is 16.6 Å². The van der Waals surface area contributed by atoms with Gasteiger partial charge in [0.25, 0.3) is 0 Å². The molecule has 0 fully saturated rings. The Morgan fingerprint density at radius 3 is 2.35 bits per heavy atom. The van der Waals surface area contributed by atoms with E-state index in [1.165, 1.54) is 7.11 Å². The number of esters is 1. The predicted octanol–water partition coefficient (Wildman–Crippen LogP) is 2.53. The van der Waals surface area contributed by atoms with Crippen LogP contribution in [0.2, 0.25) is 0 Å². The zero-order valence-corrected chi connectivity index (χ0v) is 12.2. The fraction of sp³-hybridized carbons (Fsp3) is 0.400. The quantitative estimate of drug-likeness (QED) is 0.788. The molecule has 0 N–H and O–H groups in total. The van der Waals surface area contributed by atoms with Crippen molar-refractivity contribution in [3.05, 3.63) is 23.9 Å². The second kappa shape index (κ2) is 5.86. The predicted molar refractivity (Wildman–Crippen MR) is 76.4 cm³/mol. The molecule has 0 aliphatic carbocycles. The zero-order chi connectivity index (χ0) is 14.7. The highest BCUT2D eigenvalue weighted by atomic mass is 16.5. The maximum absolute atomic E-state index is 11.3. The Bertz CT molecular complexity index is 630. The fourth-order valence-corrected chi connectivity index (χ4v) is 2.33. The van der Waals surface area contributed by atoms with Gasteiger partial charge in [-0.2, -0.15) is 0 Å². The number of hydrogen-bond donors (Lipinski definition) is 0. The second-order valence-corrected chi connectivity index (χ2v) is 4.53. The van der Waals surface area contributed by atoms with Crippen molar-refractivity contribution in [2.45, 2.75) is 19.9 Å². The molecule has 2 rings (SSSR count). The lowest BCUT2D eigenvalue weighted by atomic mass is 10.2. The Balaban J connectivity index is 2.44. The van der Waals surface area contributed by atoms with Gasteiger partial charge in [-0.1, -0.05) is 0 Å². The van der Waals surface area contributed by atoms with Crippen LogP contribution in [0.15, 0.2) is 18.2 Å². The summed E-state index contributed by atoms with van der Waals surface area (Å²) in [6, 6.07) is 5.93. The number of methoxy groups -OCH3 is 3. The summed E-state index contributed by atoms with van der Waals surface area (Å²) in [4.78, 5) is 11.3. The lowest BCUT2D eigenvalue weighted by molar-refractivity contribution is -0.140. The number of hydrogen-bond acceptors (Lipinski definition) is 4. The molecule has 0 atom stereocenters. The van der Waals surface area contributed by atoms with Crippen LogP contribution in [0.1, 0.15) is 12.1 Å². The molecule has 0 bridgehead atoms. The summed E-state index contributed by atoms with van der Waals surface area (Å²) in [6.07, 6.45) is 0.343. The van der Waals surface area contributed by atoms with Crippen LogP contribution < -0.4 is 9.47 Å². The van der Waals surface area contributed by atoms with Gasteiger partial charge >= 0.3 is 5.97 Å². The summed E-state index contributed by atoms with van der Waals surface area (Å²) in [6.45, 7) is 2.59. The van der Waals surface area contributed by atoms with Crippen molar-refractivity contribution in [2.24, 2.45) is 0 Å². The molecular formula is C15H19NO4. The number of rotatable bonds is 5. The molecule has 5 nitrogen and oxygen atoms in total. The van der Waals surface area contributed by atoms with Crippen molar-refractivity contribution in [1.29, 1.82) is 0 Å². The van der Waals surface area contributed by atoms with E-state index in [4.69, 9.17) is 9.47 Å². The molecule has 0 aliphatic heterocycles. The molecule has 1 aromatic carbocycles. The van der Waals surface area contributed by atoms with E-state index in [2.05, 4.69) is 15.4 Å². The van der Waals surface area contributed by atoms with E-state index < -0.39 is 0 Å². The van der Waals surface area contributed by atoms with Gasteiger partial charge in [-0.25, -0.2) is 0 Å². The Morgan fingerprint density at radius 1 is 1.10 bits per heavy atom. The third-order valence-electron chi connectivity index (χ3n) is 3.38. The number of nitrogens with zero attached hydrogens (tertiary/aromatic N) is 1.